The lowest BCUT2D eigenvalue weighted by Crippen LogP contribution is -2.43. The number of carbonyl (C=O) groups is 2. The number of rotatable bonds is 7. The van der Waals surface area contributed by atoms with Crippen molar-refractivity contribution in [3.63, 3.8) is 0 Å². The predicted molar refractivity (Wildman–Crippen MR) is 126 cm³/mol. The third-order valence-corrected chi connectivity index (χ3v) is 5.11. The van der Waals surface area contributed by atoms with Crippen molar-refractivity contribution >= 4 is 34.8 Å². The predicted octanol–water partition coefficient (Wildman–Crippen LogP) is 4.19. The van der Waals surface area contributed by atoms with Crippen LogP contribution in [0.4, 0.5) is 17.1 Å². The summed E-state index contributed by atoms with van der Waals surface area (Å²) in [6, 6.07) is 13.0. The van der Waals surface area contributed by atoms with Gasteiger partial charge in [-0.15, -0.1) is 0 Å². The Morgan fingerprint density at radius 2 is 1.81 bits per heavy atom. The second kappa shape index (κ2) is 10.6. The normalized spacial score (nSPS) is 13.2. The molecule has 164 valence electrons. The van der Waals surface area contributed by atoms with Crippen molar-refractivity contribution in [3.05, 3.63) is 53.6 Å². The summed E-state index contributed by atoms with van der Waals surface area (Å²) in [4.78, 5) is 28.8. The molecule has 4 N–H and O–H groups in total. The van der Waals surface area contributed by atoms with E-state index in [0.717, 1.165) is 48.6 Å². The topological polar surface area (TPSA) is 94.6 Å². The van der Waals surface area contributed by atoms with Gasteiger partial charge in [0.05, 0.1) is 0 Å². The number of hydrogen-bond acceptors (Lipinski definition) is 5. The molecule has 2 aromatic rings. The van der Waals surface area contributed by atoms with Crippen LogP contribution in [0, 0.1) is 12.8 Å². The maximum atomic E-state index is 12.4. The molecule has 0 aromatic heterocycles. The van der Waals surface area contributed by atoms with E-state index >= 15 is 0 Å². The zero-order valence-corrected chi connectivity index (χ0v) is 18.4. The first-order chi connectivity index (χ1) is 14.9. The van der Waals surface area contributed by atoms with Crippen molar-refractivity contribution in [3.8, 4) is 0 Å². The summed E-state index contributed by atoms with van der Waals surface area (Å²) in [6.45, 7) is 7.73. The molecule has 0 atom stereocenters. The zero-order chi connectivity index (χ0) is 22.2. The highest BCUT2D eigenvalue weighted by molar-refractivity contribution is 6.06. The van der Waals surface area contributed by atoms with Gasteiger partial charge in [-0.2, -0.15) is 0 Å². The molecular weight excluding hydrogens is 390 g/mol. The largest absolute Gasteiger partial charge is 0.356 e. The fourth-order valence-electron chi connectivity index (χ4n) is 3.20. The molecule has 0 unspecified atom stereocenters. The number of carbonyl (C=O) groups excluding carboxylic acids is 2. The van der Waals surface area contributed by atoms with Gasteiger partial charge < -0.3 is 16.0 Å². The Kier molecular flexibility index (Phi) is 7.65. The third-order valence-electron chi connectivity index (χ3n) is 5.11. The Hall–Kier alpha value is -3.35. The molecular formula is C24H31N5O2. The van der Waals surface area contributed by atoms with Gasteiger partial charge in [0.2, 0.25) is 5.91 Å². The summed E-state index contributed by atoms with van der Waals surface area (Å²) in [5, 5.41) is 12.2. The van der Waals surface area contributed by atoms with E-state index in [1.54, 1.807) is 12.1 Å². The van der Waals surface area contributed by atoms with Gasteiger partial charge in [0.1, 0.15) is 0 Å². The highest BCUT2D eigenvalue weighted by atomic mass is 16.2. The molecule has 2 aromatic carbocycles. The quantitative estimate of drug-likeness (QED) is 0.539. The standard InChI is InChI=1S/C24H31N5O2/c1-16(2)8-13-22(30)28-21-7-4-6-20(17(21)3)27-19-11-9-18(10-12-19)23(31)29-24-25-14-5-15-26-24/h4,6-7,9-12,16,27H,5,8,13-15H2,1-3H3,(H,28,30)(H2,25,26,29,31). The van der Waals surface area contributed by atoms with E-state index < -0.39 is 0 Å². The summed E-state index contributed by atoms with van der Waals surface area (Å²) in [7, 11) is 0. The molecule has 7 heteroatoms. The highest BCUT2D eigenvalue weighted by Crippen LogP contribution is 2.27. The van der Waals surface area contributed by atoms with Crippen molar-refractivity contribution in [2.45, 2.75) is 40.0 Å². The lowest BCUT2D eigenvalue weighted by atomic mass is 10.1. The van der Waals surface area contributed by atoms with Gasteiger partial charge in [-0.1, -0.05) is 19.9 Å². The van der Waals surface area contributed by atoms with Gasteiger partial charge in [0, 0.05) is 42.1 Å². The van der Waals surface area contributed by atoms with Gasteiger partial charge >= 0.3 is 0 Å². The number of amides is 2. The van der Waals surface area contributed by atoms with E-state index in [1.165, 1.54) is 0 Å². The molecule has 0 saturated carbocycles. The fraction of sp³-hybridized carbons (Fsp3) is 0.375. The molecule has 0 bridgehead atoms. The first-order valence-corrected chi connectivity index (χ1v) is 10.8. The van der Waals surface area contributed by atoms with Crippen molar-refractivity contribution < 1.29 is 9.59 Å². The van der Waals surface area contributed by atoms with E-state index in [2.05, 4.69) is 40.1 Å². The van der Waals surface area contributed by atoms with Gasteiger partial charge in [0.15, 0.2) is 5.96 Å². The highest BCUT2D eigenvalue weighted by Gasteiger charge is 2.12. The van der Waals surface area contributed by atoms with Crippen LogP contribution in [0.15, 0.2) is 47.5 Å². The smallest absolute Gasteiger partial charge is 0.257 e. The van der Waals surface area contributed by atoms with Gasteiger partial charge in [-0.3, -0.25) is 19.9 Å². The van der Waals surface area contributed by atoms with Crippen LogP contribution in [-0.4, -0.2) is 30.9 Å². The molecule has 0 spiro atoms. The minimum absolute atomic E-state index is 0.0291. The van der Waals surface area contributed by atoms with Gasteiger partial charge in [-0.05, 0) is 67.6 Å². The van der Waals surface area contributed by atoms with E-state index in [1.807, 2.05) is 37.3 Å². The molecule has 0 aliphatic carbocycles. The van der Waals surface area contributed by atoms with E-state index in [-0.39, 0.29) is 11.8 Å². The number of guanidine groups is 1. The second-order valence-electron chi connectivity index (χ2n) is 8.13. The molecule has 1 aliphatic rings. The van der Waals surface area contributed by atoms with Gasteiger partial charge in [-0.25, -0.2) is 0 Å². The van der Waals surface area contributed by atoms with Crippen molar-refractivity contribution in [1.82, 2.24) is 10.6 Å². The number of nitrogens with one attached hydrogen (secondary N) is 4. The van der Waals surface area contributed by atoms with Crippen molar-refractivity contribution in [2.24, 2.45) is 10.9 Å². The minimum atomic E-state index is -0.193. The summed E-state index contributed by atoms with van der Waals surface area (Å²) in [5.41, 5.74) is 4.08. The van der Waals surface area contributed by atoms with Crippen molar-refractivity contribution in [2.75, 3.05) is 23.7 Å². The van der Waals surface area contributed by atoms with Crippen LogP contribution in [0.5, 0.6) is 0 Å². The molecule has 3 rings (SSSR count). The van der Waals surface area contributed by atoms with Crippen LogP contribution >= 0.6 is 0 Å². The Morgan fingerprint density at radius 3 is 2.48 bits per heavy atom. The zero-order valence-electron chi connectivity index (χ0n) is 18.4. The van der Waals surface area contributed by atoms with Crippen molar-refractivity contribution in [1.29, 1.82) is 0 Å². The SMILES string of the molecule is Cc1c(NC(=O)CCC(C)C)cccc1Nc1ccc(C(=O)NC2=NCCCN2)cc1. The molecule has 0 fully saturated rings. The van der Waals surface area contributed by atoms with E-state index in [9.17, 15) is 9.59 Å². The average Bonchev–Trinajstić information content (AvgIpc) is 2.76. The van der Waals surface area contributed by atoms with Crippen LogP contribution in [-0.2, 0) is 4.79 Å². The Labute approximate surface area is 183 Å². The molecule has 1 aliphatic heterocycles. The lowest BCUT2D eigenvalue weighted by molar-refractivity contribution is -0.116. The average molecular weight is 422 g/mol. The molecule has 0 radical (unpaired) electrons. The summed E-state index contributed by atoms with van der Waals surface area (Å²) >= 11 is 0. The molecule has 1 heterocycles. The van der Waals surface area contributed by atoms with E-state index in [4.69, 9.17) is 0 Å². The molecule has 31 heavy (non-hydrogen) atoms. The van der Waals surface area contributed by atoms with Crippen LogP contribution in [0.2, 0.25) is 0 Å². The first-order valence-electron chi connectivity index (χ1n) is 10.8. The summed E-state index contributed by atoms with van der Waals surface area (Å²) < 4.78 is 0. The number of nitrogens with zero attached hydrogens (tertiary/aromatic N) is 1. The maximum absolute atomic E-state index is 12.4. The number of benzene rings is 2. The number of hydrogen-bond donors (Lipinski definition) is 4. The number of anilines is 3. The maximum Gasteiger partial charge on any atom is 0.257 e. The lowest BCUT2D eigenvalue weighted by Gasteiger charge is -2.16. The third kappa shape index (κ3) is 6.57. The fourth-order valence-corrected chi connectivity index (χ4v) is 3.20. The first kappa shape index (κ1) is 22.3. The minimum Gasteiger partial charge on any atom is -0.356 e. The second-order valence-corrected chi connectivity index (χ2v) is 8.13. The van der Waals surface area contributed by atoms with Gasteiger partial charge in [0.25, 0.3) is 5.91 Å². The molecule has 7 nitrogen and oxygen atoms in total. The van der Waals surface area contributed by atoms with Crippen LogP contribution in [0.3, 0.4) is 0 Å². The Balaban J connectivity index is 1.62. The Bertz CT molecular complexity index is 951. The van der Waals surface area contributed by atoms with E-state index in [0.29, 0.717) is 23.9 Å². The molecule has 2 amide bonds. The summed E-state index contributed by atoms with van der Waals surface area (Å²) in [6.07, 6.45) is 2.36. The van der Waals surface area contributed by atoms with Crippen LogP contribution in [0.25, 0.3) is 0 Å². The van der Waals surface area contributed by atoms with Crippen LogP contribution in [0.1, 0.15) is 49.0 Å². The van der Waals surface area contributed by atoms with Crippen LogP contribution < -0.4 is 21.3 Å². The Morgan fingerprint density at radius 1 is 1.06 bits per heavy atom. The monoisotopic (exact) mass is 421 g/mol. The molecule has 0 saturated heterocycles. The number of aliphatic imine (C=N–C) groups is 1. The summed E-state index contributed by atoms with van der Waals surface area (Å²) in [5.74, 6) is 0.863.